The highest BCUT2D eigenvalue weighted by Crippen LogP contribution is 2.41. The molecule has 0 aromatic heterocycles. The van der Waals surface area contributed by atoms with Crippen molar-refractivity contribution in [2.75, 3.05) is 33.4 Å². The highest BCUT2D eigenvalue weighted by atomic mass is 16.5. The molecule has 0 fully saturated rings. The summed E-state index contributed by atoms with van der Waals surface area (Å²) >= 11 is 0. The van der Waals surface area contributed by atoms with E-state index in [9.17, 15) is 34.0 Å². The Morgan fingerprint density at radius 1 is 0.914 bits per heavy atom. The normalized spacial score (nSPS) is 17.2. The molecule has 0 saturated heterocycles. The molecular formula is C44H54N6O8. The molecule has 4 bridgehead atoms. The summed E-state index contributed by atoms with van der Waals surface area (Å²) in [6, 6.07) is 15.4. The zero-order chi connectivity index (χ0) is 42.5. The Morgan fingerprint density at radius 2 is 1.57 bits per heavy atom. The number of hydrogen-bond acceptors (Lipinski definition) is 11. The average Bonchev–Trinajstić information content (AvgIpc) is 3.19. The average molecular weight is 795 g/mol. The fourth-order valence-electron chi connectivity index (χ4n) is 7.22. The fraction of sp³-hybridized carbons (Fsp3) is 0.432. The summed E-state index contributed by atoms with van der Waals surface area (Å²) in [6.07, 6.45) is -0.812. The summed E-state index contributed by atoms with van der Waals surface area (Å²) in [4.78, 5) is 83.3. The molecule has 0 unspecified atom stereocenters. The predicted molar refractivity (Wildman–Crippen MR) is 218 cm³/mol. The van der Waals surface area contributed by atoms with Gasteiger partial charge in [0, 0.05) is 80.8 Å². The molecule has 0 aliphatic carbocycles. The number of fused-ring (bicyclic) bond motifs is 5. The second kappa shape index (κ2) is 21.0. The predicted octanol–water partition coefficient (Wildman–Crippen LogP) is 3.81. The smallest absolute Gasteiger partial charge is 0.226 e. The zero-order valence-corrected chi connectivity index (χ0v) is 33.7. The Labute approximate surface area is 339 Å². The van der Waals surface area contributed by atoms with Crippen LogP contribution in [0.1, 0.15) is 84.1 Å². The van der Waals surface area contributed by atoms with Gasteiger partial charge in [-0.25, -0.2) is 0 Å². The first kappa shape index (κ1) is 44.8. The van der Waals surface area contributed by atoms with E-state index in [1.807, 2.05) is 32.0 Å². The van der Waals surface area contributed by atoms with E-state index >= 15 is 0 Å². The van der Waals surface area contributed by atoms with Crippen LogP contribution < -0.4 is 32.0 Å². The van der Waals surface area contributed by atoms with E-state index in [2.05, 4.69) is 5.32 Å². The number of ketones is 3. The third-order valence-electron chi connectivity index (χ3n) is 10.2. The lowest BCUT2D eigenvalue weighted by Crippen LogP contribution is -2.45. The van der Waals surface area contributed by atoms with E-state index in [4.69, 9.17) is 26.7 Å². The van der Waals surface area contributed by atoms with Gasteiger partial charge in [-0.3, -0.25) is 28.8 Å². The van der Waals surface area contributed by atoms with Crippen molar-refractivity contribution >= 4 is 35.1 Å². The number of ether oxygens (including phenoxy) is 2. The number of carbonyl (C=O) groups excluding carboxylic acids is 6. The van der Waals surface area contributed by atoms with Crippen LogP contribution in [0, 0.1) is 37.0 Å². The van der Waals surface area contributed by atoms with Crippen molar-refractivity contribution < 1.29 is 38.2 Å². The summed E-state index contributed by atoms with van der Waals surface area (Å²) < 4.78 is 12.2. The van der Waals surface area contributed by atoms with Gasteiger partial charge in [-0.2, -0.15) is 5.26 Å². The number of amides is 3. The number of nitriles is 1. The highest BCUT2D eigenvalue weighted by Gasteiger charge is 2.36. The lowest BCUT2D eigenvalue weighted by molar-refractivity contribution is -0.142. The molecule has 58 heavy (non-hydrogen) atoms. The van der Waals surface area contributed by atoms with Crippen LogP contribution >= 0.6 is 0 Å². The van der Waals surface area contributed by atoms with Crippen LogP contribution in [0.2, 0.25) is 0 Å². The molecule has 308 valence electrons. The highest BCUT2D eigenvalue weighted by molar-refractivity contribution is 6.01. The van der Waals surface area contributed by atoms with E-state index in [0.29, 0.717) is 39.3 Å². The fourth-order valence-corrected chi connectivity index (χ4v) is 7.22. The van der Waals surface area contributed by atoms with E-state index in [-0.39, 0.29) is 82.8 Å². The van der Waals surface area contributed by atoms with Crippen molar-refractivity contribution in [3.05, 3.63) is 82.4 Å². The van der Waals surface area contributed by atoms with Crippen LogP contribution in [0.25, 0.3) is 11.1 Å². The maximum absolute atomic E-state index is 14.6. The second-order valence-corrected chi connectivity index (χ2v) is 14.8. The van der Waals surface area contributed by atoms with Crippen molar-refractivity contribution in [1.29, 1.82) is 5.26 Å². The molecule has 0 radical (unpaired) electrons. The Morgan fingerprint density at radius 3 is 2.19 bits per heavy atom. The number of benzene rings is 3. The van der Waals surface area contributed by atoms with Gasteiger partial charge in [-0.1, -0.05) is 42.8 Å². The Balaban J connectivity index is 1.90. The van der Waals surface area contributed by atoms with Crippen LogP contribution in [-0.4, -0.2) is 79.4 Å². The lowest BCUT2D eigenvalue weighted by atomic mass is 9.87. The molecule has 14 nitrogen and oxygen atoms in total. The van der Waals surface area contributed by atoms with Gasteiger partial charge in [0.05, 0.1) is 12.1 Å². The Bertz CT molecular complexity index is 2060. The molecule has 3 aromatic carbocycles. The quantitative estimate of drug-likeness (QED) is 0.143. The molecule has 1 heterocycles. The minimum Gasteiger partial charge on any atom is -0.492 e. The van der Waals surface area contributed by atoms with E-state index in [1.54, 1.807) is 49.4 Å². The van der Waals surface area contributed by atoms with E-state index in [1.165, 1.54) is 11.9 Å². The molecule has 4 rings (SSSR count). The van der Waals surface area contributed by atoms with Crippen LogP contribution in [0.4, 0.5) is 0 Å². The Hall–Kier alpha value is -5.91. The number of aryl methyl sites for hydroxylation is 2. The number of hydrogen-bond donors (Lipinski definition) is 4. The summed E-state index contributed by atoms with van der Waals surface area (Å²) in [5, 5.41) is 12.0. The summed E-state index contributed by atoms with van der Waals surface area (Å²) in [5.74, 6) is -4.05. The first-order valence-corrected chi connectivity index (χ1v) is 19.5. The minimum atomic E-state index is -1.27. The van der Waals surface area contributed by atoms with Crippen LogP contribution in [0.5, 0.6) is 11.5 Å². The monoisotopic (exact) mass is 794 g/mol. The van der Waals surface area contributed by atoms with Gasteiger partial charge in [0.1, 0.15) is 30.8 Å². The van der Waals surface area contributed by atoms with Gasteiger partial charge in [0.25, 0.3) is 0 Å². The van der Waals surface area contributed by atoms with Crippen molar-refractivity contribution in [3.8, 4) is 28.7 Å². The maximum atomic E-state index is 14.6. The van der Waals surface area contributed by atoms with Gasteiger partial charge in [-0.15, -0.1) is 0 Å². The third-order valence-corrected chi connectivity index (χ3v) is 10.2. The third kappa shape index (κ3) is 11.6. The van der Waals surface area contributed by atoms with E-state index in [0.717, 1.165) is 11.1 Å². The number of nitrogens with two attached hydrogens (primary N) is 3. The number of nitrogens with zero attached hydrogens (tertiary/aromatic N) is 2. The van der Waals surface area contributed by atoms with Crippen LogP contribution in [0.15, 0.2) is 54.6 Å². The number of carbonyl (C=O) groups is 6. The van der Waals surface area contributed by atoms with Gasteiger partial charge < -0.3 is 36.9 Å². The number of rotatable bonds is 17. The number of likely N-dealkylation sites (N-methyl/N-ethyl adjacent to an activating group) is 1. The molecule has 4 atom stereocenters. The molecule has 7 N–H and O–H groups in total. The second-order valence-electron chi connectivity index (χ2n) is 14.8. The van der Waals surface area contributed by atoms with Gasteiger partial charge in [0.15, 0.2) is 17.3 Å². The molecule has 1 aliphatic heterocycles. The molecule has 0 saturated carbocycles. The number of primary amides is 1. The standard InChI is InChI=1S/C44H54N6O8/c1-26-7-11-32(27(2)20-26)37(52)25-31(10-14-41(48)54)44(56)50(4)42-30-9-13-40(58-19-17-47)34(24-30)33-22-29(8-12-39(33)57-18-16-46)23-35(36(51)6-5-15-45)49-43(55)28(3)21-38(42)53/h7-9,11-13,20,22,24,28,31,35,42H,5-6,10,14,16-19,21,23,25,46-47H2,1-4H3,(H2,48,54)(H,49,55)/t28-,31-,35+,42+/m1/s1. The van der Waals surface area contributed by atoms with Crippen molar-refractivity contribution in [1.82, 2.24) is 10.2 Å². The zero-order valence-electron chi connectivity index (χ0n) is 33.7. The first-order valence-electron chi connectivity index (χ1n) is 19.5. The van der Waals surface area contributed by atoms with Gasteiger partial charge in [-0.05, 0) is 67.6 Å². The van der Waals surface area contributed by atoms with E-state index < -0.39 is 47.4 Å². The van der Waals surface area contributed by atoms with Crippen molar-refractivity contribution in [2.45, 2.75) is 77.8 Å². The molecule has 3 aromatic rings. The van der Waals surface area contributed by atoms with Crippen molar-refractivity contribution in [2.24, 2.45) is 29.0 Å². The minimum absolute atomic E-state index is 0.0380. The Kier molecular flexibility index (Phi) is 16.2. The summed E-state index contributed by atoms with van der Waals surface area (Å²) in [5.41, 5.74) is 21.4. The topological polar surface area (TPSA) is 238 Å². The summed E-state index contributed by atoms with van der Waals surface area (Å²) in [6.45, 7) is 6.01. The molecule has 0 spiro atoms. The van der Waals surface area contributed by atoms with Crippen molar-refractivity contribution in [3.63, 3.8) is 0 Å². The summed E-state index contributed by atoms with van der Waals surface area (Å²) in [7, 11) is 1.45. The van der Waals surface area contributed by atoms with Crippen LogP contribution in [-0.2, 0) is 30.4 Å². The maximum Gasteiger partial charge on any atom is 0.226 e. The number of Topliss-reactive ketones (excluding diaryl/α,β-unsaturated/α-hetero) is 3. The molecule has 14 heteroatoms. The van der Waals surface area contributed by atoms with Gasteiger partial charge >= 0.3 is 0 Å². The first-order chi connectivity index (χ1) is 27.7. The number of nitrogens with one attached hydrogen (secondary N) is 1. The molecular weight excluding hydrogens is 741 g/mol. The largest absolute Gasteiger partial charge is 0.492 e. The molecule has 3 amide bonds. The van der Waals surface area contributed by atoms with Gasteiger partial charge in [0.2, 0.25) is 17.7 Å². The molecule has 1 aliphatic rings. The van der Waals surface area contributed by atoms with Crippen LogP contribution in [0.3, 0.4) is 0 Å². The SMILES string of the molecule is Cc1ccc(C(=O)C[C@@H](CCC(N)=O)C(=O)N(C)[C@@H]2C(=O)C[C@@H](C)C(=O)N[C@H](C(=O)CCC#N)Cc3ccc(OCCN)c(c3)-c3cc2ccc3OCCN)c(C)c1. The lowest BCUT2D eigenvalue weighted by Gasteiger charge is -2.32.